The van der Waals surface area contributed by atoms with E-state index in [0.717, 1.165) is 6.92 Å². The van der Waals surface area contributed by atoms with Crippen LogP contribution < -0.4 is 0 Å². The Morgan fingerprint density at radius 2 is 1.58 bits per heavy atom. The maximum Gasteiger partial charge on any atom is 0.523 e. The predicted molar refractivity (Wildman–Crippen MR) is 107 cm³/mol. The highest BCUT2D eigenvalue weighted by molar-refractivity contribution is 7.87. The summed E-state index contributed by atoms with van der Waals surface area (Å²) in [6.07, 6.45) is -12.9. The van der Waals surface area contributed by atoms with Crippen molar-refractivity contribution in [3.63, 3.8) is 0 Å². The minimum Gasteiger partial charge on any atom is -0.456 e. The van der Waals surface area contributed by atoms with Crippen molar-refractivity contribution in [3.8, 4) is 0 Å². The van der Waals surface area contributed by atoms with Gasteiger partial charge in [0.2, 0.25) is 11.9 Å². The second-order valence-electron chi connectivity index (χ2n) is 11.8. The summed E-state index contributed by atoms with van der Waals surface area (Å²) >= 11 is 0. The van der Waals surface area contributed by atoms with E-state index in [9.17, 15) is 51.3 Å². The summed E-state index contributed by atoms with van der Waals surface area (Å²) in [5.41, 5.74) is -17.8. The molecule has 212 valence electrons. The first kappa shape index (κ1) is 26.2. The van der Waals surface area contributed by atoms with Gasteiger partial charge in [-0.05, 0) is 12.3 Å². The summed E-state index contributed by atoms with van der Waals surface area (Å²) in [4.78, 5) is 38.9. The Kier molecular flexibility index (Phi) is 4.57. The molecule has 0 aromatic heterocycles. The first-order chi connectivity index (χ1) is 17.2. The van der Waals surface area contributed by atoms with Gasteiger partial charge < -0.3 is 34.3 Å². The number of halogens is 3. The molecule has 38 heavy (non-hydrogen) atoms. The second kappa shape index (κ2) is 6.63. The Hall–Kier alpha value is -2.05. The third-order valence-corrected chi connectivity index (χ3v) is 10.5. The van der Waals surface area contributed by atoms with Crippen molar-refractivity contribution < 1.29 is 74.4 Å². The van der Waals surface area contributed by atoms with E-state index in [1.165, 1.54) is 20.8 Å². The quantitative estimate of drug-likeness (QED) is 0.150. The first-order valence-corrected chi connectivity index (χ1v) is 13.0. The Morgan fingerprint density at radius 3 is 2.13 bits per heavy atom. The summed E-state index contributed by atoms with van der Waals surface area (Å²) in [5, 5.41) is 35.1. The molecule has 4 saturated heterocycles. The molecule has 6 aliphatic rings. The number of rotatable bonds is 2. The van der Waals surface area contributed by atoms with E-state index in [2.05, 4.69) is 0 Å². The van der Waals surface area contributed by atoms with Crippen LogP contribution in [0.1, 0.15) is 27.7 Å². The van der Waals surface area contributed by atoms with Gasteiger partial charge in [-0.3, -0.25) is 8.98 Å². The lowest BCUT2D eigenvalue weighted by atomic mass is 9.51. The number of ether oxygens (including phenoxy) is 4. The van der Waals surface area contributed by atoms with Gasteiger partial charge in [0.25, 0.3) is 0 Å². The summed E-state index contributed by atoms with van der Waals surface area (Å²) in [7, 11) is -6.38. The zero-order valence-corrected chi connectivity index (χ0v) is 20.9. The molecular weight excluding hydrogens is 549 g/mol. The number of alkyl halides is 3. The fourth-order valence-corrected chi connectivity index (χ4v) is 9.14. The molecule has 2 spiro atoms. The molecule has 0 aromatic carbocycles. The van der Waals surface area contributed by atoms with Gasteiger partial charge in [0, 0.05) is 5.92 Å². The van der Waals surface area contributed by atoms with Crippen LogP contribution in [0.5, 0.6) is 0 Å². The largest absolute Gasteiger partial charge is 0.523 e. The molecule has 6 rings (SSSR count). The highest BCUT2D eigenvalue weighted by Gasteiger charge is 3.05. The normalized spacial score (nSPS) is 52.8. The number of fused-ring (bicyclic) bond motifs is 1. The molecule has 13 nitrogen and oxygen atoms in total. The van der Waals surface area contributed by atoms with E-state index in [4.69, 9.17) is 23.1 Å². The van der Waals surface area contributed by atoms with E-state index in [1.807, 2.05) is 0 Å². The minimum atomic E-state index is -6.38. The van der Waals surface area contributed by atoms with Crippen molar-refractivity contribution >= 4 is 28.0 Å². The van der Waals surface area contributed by atoms with Gasteiger partial charge in [-0.1, -0.05) is 20.8 Å². The standard InChI is InChI=1S/C21H23F3O13S/c1-5-12(27)33-11-8(25)18-10-6(37-38(31,32)21(22,23)24)7(16(2,3)4)17(18)9(26)13(28)35-15(17)36-20(18,14(29)34-10)19(5,11)30/h5-11,15,25-26,30H,1-4H3/t5-,6-,7?,8?,9+,10-,11?,15+,17?,18?,19-,20-/m1/s1. The molecule has 6 fully saturated rings. The molecule has 0 aromatic rings. The summed E-state index contributed by atoms with van der Waals surface area (Å²) in [5.74, 6) is -7.11. The van der Waals surface area contributed by atoms with Gasteiger partial charge in [-0.25, -0.2) is 9.59 Å². The Bertz CT molecular complexity index is 1290. The zero-order chi connectivity index (χ0) is 28.4. The van der Waals surface area contributed by atoms with E-state index in [0.29, 0.717) is 0 Å². The van der Waals surface area contributed by atoms with Crippen LogP contribution in [0.3, 0.4) is 0 Å². The molecule has 0 amide bonds. The van der Waals surface area contributed by atoms with Crippen molar-refractivity contribution in [3.05, 3.63) is 0 Å². The third-order valence-electron chi connectivity index (χ3n) is 9.45. The monoisotopic (exact) mass is 572 g/mol. The van der Waals surface area contributed by atoms with Crippen LogP contribution in [0.4, 0.5) is 13.2 Å². The topological polar surface area (TPSA) is 192 Å². The summed E-state index contributed by atoms with van der Waals surface area (Å²) in [6, 6.07) is 0. The van der Waals surface area contributed by atoms with Crippen LogP contribution in [0.2, 0.25) is 0 Å². The molecule has 0 bridgehead atoms. The van der Waals surface area contributed by atoms with Crippen LogP contribution in [0, 0.1) is 28.1 Å². The summed E-state index contributed by atoms with van der Waals surface area (Å²) in [6.45, 7) is 5.42. The third kappa shape index (κ3) is 2.18. The Balaban J connectivity index is 1.71. The molecule has 12 atom stereocenters. The smallest absolute Gasteiger partial charge is 0.456 e. The Labute approximate surface area is 212 Å². The van der Waals surface area contributed by atoms with E-state index >= 15 is 0 Å². The molecule has 17 heteroatoms. The number of carbonyl (C=O) groups excluding carboxylic acids is 3. The molecule has 5 unspecified atom stereocenters. The average Bonchev–Trinajstić information content (AvgIpc) is 3.46. The van der Waals surface area contributed by atoms with Crippen LogP contribution >= 0.6 is 0 Å². The van der Waals surface area contributed by atoms with Crippen molar-refractivity contribution in [1.82, 2.24) is 0 Å². The number of hydrogen-bond donors (Lipinski definition) is 3. The molecule has 2 saturated carbocycles. The molecule has 4 aliphatic heterocycles. The lowest BCUT2D eigenvalue weighted by molar-refractivity contribution is -0.240. The molecule has 2 aliphatic carbocycles. The number of hydrogen-bond acceptors (Lipinski definition) is 13. The van der Waals surface area contributed by atoms with Crippen LogP contribution in [0.25, 0.3) is 0 Å². The molecular formula is C21H23F3O13S. The fourth-order valence-electron chi connectivity index (χ4n) is 8.53. The van der Waals surface area contributed by atoms with Gasteiger partial charge in [-0.15, -0.1) is 0 Å². The predicted octanol–water partition coefficient (Wildman–Crippen LogP) is -1.52. The SMILES string of the molecule is C[C@@H]1C(=O)OC2C(O)C34[C@@H]5OC(=O)[C@]3(O[C@@H]3OC(=O)[C@H](O)C34C(C(C)(C)C)[C@H]5OS(=O)(=O)C(F)(F)F)[C@]21O. The van der Waals surface area contributed by atoms with Crippen LogP contribution in [0.15, 0.2) is 0 Å². The first-order valence-electron chi connectivity index (χ1n) is 11.6. The zero-order valence-electron chi connectivity index (χ0n) is 20.1. The number of aliphatic hydroxyl groups excluding tert-OH is 2. The summed E-state index contributed by atoms with van der Waals surface area (Å²) < 4.78 is 91.4. The van der Waals surface area contributed by atoms with Gasteiger partial charge in [-0.2, -0.15) is 21.6 Å². The fraction of sp³-hybridized carbons (Fsp3) is 0.857. The van der Waals surface area contributed by atoms with E-state index in [1.54, 1.807) is 0 Å². The Morgan fingerprint density at radius 1 is 0.974 bits per heavy atom. The van der Waals surface area contributed by atoms with Gasteiger partial charge in [0.15, 0.2) is 17.8 Å². The lowest BCUT2D eigenvalue weighted by Crippen LogP contribution is -2.67. The number of esters is 3. The highest BCUT2D eigenvalue weighted by atomic mass is 32.2. The van der Waals surface area contributed by atoms with Crippen molar-refractivity contribution in [2.75, 3.05) is 0 Å². The lowest BCUT2D eigenvalue weighted by Gasteiger charge is -2.47. The van der Waals surface area contributed by atoms with Gasteiger partial charge in [0.05, 0.1) is 16.7 Å². The van der Waals surface area contributed by atoms with E-state index in [-0.39, 0.29) is 0 Å². The van der Waals surface area contributed by atoms with Gasteiger partial charge >= 0.3 is 33.5 Å². The van der Waals surface area contributed by atoms with Crippen molar-refractivity contribution in [1.29, 1.82) is 0 Å². The second-order valence-corrected chi connectivity index (χ2v) is 13.3. The highest BCUT2D eigenvalue weighted by Crippen LogP contribution is 2.84. The maximum absolute atomic E-state index is 13.6. The molecule has 3 N–H and O–H groups in total. The molecule has 0 radical (unpaired) electrons. The van der Waals surface area contributed by atoms with Crippen molar-refractivity contribution in [2.45, 2.75) is 81.2 Å². The van der Waals surface area contributed by atoms with Crippen LogP contribution in [-0.4, -0.2) is 95.2 Å². The van der Waals surface area contributed by atoms with Crippen LogP contribution in [-0.2, 0) is 47.6 Å². The molecule has 4 heterocycles. The number of carbonyl (C=O) groups is 3. The van der Waals surface area contributed by atoms with Crippen molar-refractivity contribution in [2.24, 2.45) is 28.1 Å². The van der Waals surface area contributed by atoms with E-state index < -0.39 is 110 Å². The number of aliphatic hydroxyl groups is 3. The van der Waals surface area contributed by atoms with Gasteiger partial charge in [0.1, 0.15) is 18.3 Å². The minimum absolute atomic E-state index is 1.05. The average molecular weight is 572 g/mol. The maximum atomic E-state index is 13.6.